The smallest absolute Gasteiger partial charge is 0.272 e. The quantitative estimate of drug-likeness (QED) is 0.734. The predicted molar refractivity (Wildman–Crippen MR) is 65.4 cm³/mol. The van der Waals surface area contributed by atoms with Crippen LogP contribution in [-0.4, -0.2) is 13.0 Å². The van der Waals surface area contributed by atoms with E-state index in [1.807, 2.05) is 46.8 Å². The van der Waals surface area contributed by atoms with Crippen LogP contribution < -0.4 is 4.74 Å². The molecule has 1 rings (SSSR count). The lowest BCUT2D eigenvalue weighted by Crippen LogP contribution is -2.06. The van der Waals surface area contributed by atoms with Crippen molar-refractivity contribution in [3.63, 3.8) is 0 Å². The van der Waals surface area contributed by atoms with Crippen LogP contribution in [0.3, 0.4) is 0 Å². The Labute approximate surface area is 97.4 Å². The lowest BCUT2D eigenvalue weighted by molar-refractivity contribution is 0.0819. The third kappa shape index (κ3) is 9.44. The van der Waals surface area contributed by atoms with Crippen LogP contribution in [0, 0.1) is 6.92 Å². The molecule has 0 aliphatic carbocycles. The molecule has 0 heterocycles. The Morgan fingerprint density at radius 1 is 1.00 bits per heavy atom. The predicted octanol–water partition coefficient (Wildman–Crippen LogP) is 4.69. The molecule has 0 spiro atoms. The van der Waals surface area contributed by atoms with E-state index in [4.69, 9.17) is 4.74 Å². The van der Waals surface area contributed by atoms with Gasteiger partial charge in [-0.1, -0.05) is 45.4 Å². The summed E-state index contributed by atoms with van der Waals surface area (Å²) in [5, 5.41) is 0. The molecule has 0 bridgehead atoms. The topological polar surface area (TPSA) is 9.23 Å². The normalized spacial score (nSPS) is 8.50. The molecular weight excluding hydrogens is 210 g/mol. The van der Waals surface area contributed by atoms with Gasteiger partial charge in [-0.2, -0.15) is 0 Å². The molecule has 0 aliphatic heterocycles. The van der Waals surface area contributed by atoms with E-state index in [9.17, 15) is 8.78 Å². The van der Waals surface area contributed by atoms with Crippen molar-refractivity contribution in [1.82, 2.24) is 0 Å². The first-order valence-corrected chi connectivity index (χ1v) is 5.66. The number of rotatable bonds is 3. The average Bonchev–Trinajstić information content (AvgIpc) is 2.33. The highest BCUT2D eigenvalue weighted by molar-refractivity contribution is 5.26. The first-order valence-electron chi connectivity index (χ1n) is 5.66. The third-order valence-corrected chi connectivity index (χ3v) is 1.40. The van der Waals surface area contributed by atoms with Crippen molar-refractivity contribution >= 4 is 0 Å². The van der Waals surface area contributed by atoms with Gasteiger partial charge in [-0.05, 0) is 19.1 Å². The zero-order valence-corrected chi connectivity index (χ0v) is 10.8. The summed E-state index contributed by atoms with van der Waals surface area (Å²) in [7, 11) is 0. The number of ether oxygens (including phenoxy) is 1. The fraction of sp³-hybridized carbons (Fsp3) is 0.538. The second-order valence-corrected chi connectivity index (χ2v) is 2.52. The molecule has 0 radical (unpaired) electrons. The monoisotopic (exact) mass is 232 g/mol. The molecule has 0 amide bonds. The van der Waals surface area contributed by atoms with Gasteiger partial charge >= 0.3 is 0 Å². The van der Waals surface area contributed by atoms with Crippen LogP contribution in [0.4, 0.5) is 8.78 Å². The summed E-state index contributed by atoms with van der Waals surface area (Å²) in [5.74, 6) is 0.487. The lowest BCUT2D eigenvalue weighted by Gasteiger charge is -2.04. The Hall–Kier alpha value is -1.12. The molecule has 0 unspecified atom stereocenters. The first-order chi connectivity index (χ1) is 7.68. The molecule has 0 saturated heterocycles. The Bertz CT molecular complexity index is 232. The summed E-state index contributed by atoms with van der Waals surface area (Å²) in [6.07, 6.45) is -2.41. The van der Waals surface area contributed by atoms with Crippen LogP contribution >= 0.6 is 0 Å². The number of hydrogen-bond acceptors (Lipinski definition) is 1. The van der Waals surface area contributed by atoms with Crippen LogP contribution in [0.5, 0.6) is 5.75 Å². The molecule has 0 fully saturated rings. The van der Waals surface area contributed by atoms with Gasteiger partial charge in [-0.25, -0.2) is 8.78 Å². The standard InChI is InChI=1S/C9H10F2O.2C2H6/c1-7-2-4-8(5-3-7)12-6-9(10)11;2*1-2/h2-5,9H,6H2,1H3;2*1-2H3. The molecule has 0 atom stereocenters. The Kier molecular flexibility index (Phi) is 12.9. The number of alkyl halides is 2. The highest BCUT2D eigenvalue weighted by Crippen LogP contribution is 2.11. The molecule has 1 aromatic rings. The molecule has 3 heteroatoms. The van der Waals surface area contributed by atoms with E-state index < -0.39 is 13.0 Å². The van der Waals surface area contributed by atoms with E-state index in [0.717, 1.165) is 5.56 Å². The summed E-state index contributed by atoms with van der Waals surface area (Å²) in [5.41, 5.74) is 1.08. The van der Waals surface area contributed by atoms with E-state index in [-0.39, 0.29) is 0 Å². The molecule has 1 nitrogen and oxygen atoms in total. The second kappa shape index (κ2) is 12.0. The Morgan fingerprint density at radius 2 is 1.44 bits per heavy atom. The number of aryl methyl sites for hydroxylation is 1. The van der Waals surface area contributed by atoms with Gasteiger partial charge in [0.1, 0.15) is 12.4 Å². The number of hydrogen-bond donors (Lipinski definition) is 0. The maximum absolute atomic E-state index is 11.7. The summed E-state index contributed by atoms with van der Waals surface area (Å²) >= 11 is 0. The maximum atomic E-state index is 11.7. The van der Waals surface area contributed by atoms with Crippen molar-refractivity contribution in [1.29, 1.82) is 0 Å². The summed E-state index contributed by atoms with van der Waals surface area (Å²) in [4.78, 5) is 0. The highest BCUT2D eigenvalue weighted by atomic mass is 19.3. The highest BCUT2D eigenvalue weighted by Gasteiger charge is 2.02. The Morgan fingerprint density at radius 3 is 1.81 bits per heavy atom. The lowest BCUT2D eigenvalue weighted by atomic mass is 10.2. The molecule has 0 N–H and O–H groups in total. The number of halogens is 2. The second-order valence-electron chi connectivity index (χ2n) is 2.52. The van der Waals surface area contributed by atoms with Crippen molar-refractivity contribution in [2.45, 2.75) is 41.0 Å². The van der Waals surface area contributed by atoms with Crippen LogP contribution in [0.15, 0.2) is 24.3 Å². The molecule has 94 valence electrons. The van der Waals surface area contributed by atoms with Gasteiger partial charge < -0.3 is 4.74 Å². The van der Waals surface area contributed by atoms with Gasteiger partial charge in [0.05, 0.1) is 0 Å². The Balaban J connectivity index is 0. The van der Waals surface area contributed by atoms with Gasteiger partial charge in [0.2, 0.25) is 0 Å². The first kappa shape index (κ1) is 17.3. The van der Waals surface area contributed by atoms with Crippen molar-refractivity contribution in [3.8, 4) is 5.75 Å². The number of benzene rings is 1. The van der Waals surface area contributed by atoms with Gasteiger partial charge in [0, 0.05) is 0 Å². The largest absolute Gasteiger partial charge is 0.488 e. The summed E-state index contributed by atoms with van der Waals surface area (Å²) < 4.78 is 28.1. The summed E-state index contributed by atoms with van der Waals surface area (Å²) in [6.45, 7) is 9.39. The minimum absolute atomic E-state index is 0.487. The van der Waals surface area contributed by atoms with Crippen LogP contribution in [0.1, 0.15) is 33.3 Å². The molecular formula is C13H22F2O. The zero-order chi connectivity index (χ0) is 13.0. The minimum atomic E-state index is -2.41. The SMILES string of the molecule is CC.CC.Cc1ccc(OCC(F)F)cc1. The van der Waals surface area contributed by atoms with Crippen LogP contribution in [-0.2, 0) is 0 Å². The fourth-order valence-electron chi connectivity index (χ4n) is 0.794. The van der Waals surface area contributed by atoms with E-state index in [2.05, 4.69) is 0 Å². The van der Waals surface area contributed by atoms with Gasteiger partial charge in [-0.15, -0.1) is 0 Å². The van der Waals surface area contributed by atoms with Crippen molar-refractivity contribution in [2.24, 2.45) is 0 Å². The fourth-order valence-corrected chi connectivity index (χ4v) is 0.794. The molecule has 16 heavy (non-hydrogen) atoms. The average molecular weight is 232 g/mol. The third-order valence-electron chi connectivity index (χ3n) is 1.40. The van der Waals surface area contributed by atoms with Gasteiger partial charge in [0.25, 0.3) is 6.43 Å². The zero-order valence-electron chi connectivity index (χ0n) is 10.8. The van der Waals surface area contributed by atoms with Crippen molar-refractivity contribution in [2.75, 3.05) is 6.61 Å². The summed E-state index contributed by atoms with van der Waals surface area (Å²) in [6, 6.07) is 7.00. The van der Waals surface area contributed by atoms with E-state index in [0.29, 0.717) is 5.75 Å². The van der Waals surface area contributed by atoms with E-state index in [1.54, 1.807) is 12.1 Å². The molecule has 1 aromatic carbocycles. The molecule has 0 aliphatic rings. The molecule has 0 saturated carbocycles. The van der Waals surface area contributed by atoms with Crippen molar-refractivity contribution < 1.29 is 13.5 Å². The van der Waals surface area contributed by atoms with E-state index in [1.165, 1.54) is 0 Å². The van der Waals surface area contributed by atoms with E-state index >= 15 is 0 Å². The van der Waals surface area contributed by atoms with Crippen LogP contribution in [0.2, 0.25) is 0 Å². The van der Waals surface area contributed by atoms with Crippen molar-refractivity contribution in [3.05, 3.63) is 29.8 Å². The van der Waals surface area contributed by atoms with Gasteiger partial charge in [-0.3, -0.25) is 0 Å². The maximum Gasteiger partial charge on any atom is 0.272 e. The molecule has 0 aromatic heterocycles. The van der Waals surface area contributed by atoms with Crippen LogP contribution in [0.25, 0.3) is 0 Å². The minimum Gasteiger partial charge on any atom is -0.488 e. The van der Waals surface area contributed by atoms with Gasteiger partial charge in [0.15, 0.2) is 0 Å².